The monoisotopic (exact) mass is 202 g/mol. The molecule has 1 unspecified atom stereocenters. The van der Waals surface area contributed by atoms with Crippen molar-refractivity contribution >= 4 is 5.91 Å². The Morgan fingerprint density at radius 1 is 1.64 bits per heavy atom. The summed E-state index contributed by atoms with van der Waals surface area (Å²) in [4.78, 5) is 11.6. The molecule has 1 heterocycles. The fraction of sp³-hybridized carbons (Fsp3) is 0.900. The fourth-order valence-electron chi connectivity index (χ4n) is 1.36. The number of halogens is 1. The number of hydrogen-bond donors (Lipinski definition) is 2. The van der Waals surface area contributed by atoms with Crippen LogP contribution in [0.25, 0.3) is 0 Å². The summed E-state index contributed by atoms with van der Waals surface area (Å²) in [5, 5.41) is 5.60. The summed E-state index contributed by atoms with van der Waals surface area (Å²) in [5.74, 6) is -0.477. The molecule has 0 aromatic heterocycles. The Morgan fingerprint density at radius 2 is 2.29 bits per heavy atom. The normalized spacial score (nSPS) is 27.7. The Hall–Kier alpha value is -0.640. The first-order valence-electron chi connectivity index (χ1n) is 5.12. The van der Waals surface area contributed by atoms with Crippen LogP contribution >= 0.6 is 0 Å². The zero-order valence-electron chi connectivity index (χ0n) is 9.11. The third-order valence-corrected chi connectivity index (χ3v) is 2.85. The molecule has 1 aliphatic rings. The van der Waals surface area contributed by atoms with Crippen LogP contribution in [0.3, 0.4) is 0 Å². The summed E-state index contributed by atoms with van der Waals surface area (Å²) >= 11 is 0. The second kappa shape index (κ2) is 3.85. The van der Waals surface area contributed by atoms with Crippen molar-refractivity contribution in [2.24, 2.45) is 0 Å². The van der Waals surface area contributed by atoms with Gasteiger partial charge in [-0.15, -0.1) is 0 Å². The fourth-order valence-corrected chi connectivity index (χ4v) is 1.36. The van der Waals surface area contributed by atoms with E-state index < -0.39 is 11.6 Å². The van der Waals surface area contributed by atoms with Gasteiger partial charge in [0.2, 0.25) is 5.67 Å². The standard InChI is InChI=1S/C10H19FN2O/c1-4-9(2,3)13-8(14)10(11)5-6-12-7-10/h12H,4-7H2,1-3H3,(H,13,14). The lowest BCUT2D eigenvalue weighted by Crippen LogP contribution is -2.52. The van der Waals surface area contributed by atoms with E-state index in [0.29, 0.717) is 6.54 Å². The number of rotatable bonds is 3. The molecule has 1 aliphatic heterocycles. The zero-order chi connectivity index (χ0) is 10.8. The highest BCUT2D eigenvalue weighted by Gasteiger charge is 2.42. The first-order chi connectivity index (χ1) is 6.40. The Labute approximate surface area is 84.4 Å². The quantitative estimate of drug-likeness (QED) is 0.716. The molecular weight excluding hydrogens is 183 g/mol. The maximum absolute atomic E-state index is 13.9. The molecule has 1 amide bonds. The minimum absolute atomic E-state index is 0.138. The van der Waals surface area contributed by atoms with Crippen molar-refractivity contribution in [3.05, 3.63) is 0 Å². The third-order valence-electron chi connectivity index (χ3n) is 2.85. The van der Waals surface area contributed by atoms with Crippen molar-refractivity contribution in [2.45, 2.75) is 44.8 Å². The van der Waals surface area contributed by atoms with Gasteiger partial charge >= 0.3 is 0 Å². The lowest BCUT2D eigenvalue weighted by Gasteiger charge is -2.28. The van der Waals surface area contributed by atoms with Gasteiger partial charge < -0.3 is 10.6 Å². The largest absolute Gasteiger partial charge is 0.348 e. The zero-order valence-corrected chi connectivity index (χ0v) is 9.11. The average Bonchev–Trinajstić information content (AvgIpc) is 2.53. The van der Waals surface area contributed by atoms with Crippen molar-refractivity contribution in [3.8, 4) is 0 Å². The lowest BCUT2D eigenvalue weighted by atomic mass is 9.98. The SMILES string of the molecule is CCC(C)(C)NC(=O)C1(F)CCNC1. The number of carbonyl (C=O) groups excluding carboxylic acids is 1. The van der Waals surface area contributed by atoms with Crippen molar-refractivity contribution in [1.29, 1.82) is 0 Å². The van der Waals surface area contributed by atoms with Gasteiger partial charge in [-0.25, -0.2) is 4.39 Å². The van der Waals surface area contributed by atoms with Gasteiger partial charge in [0.05, 0.1) is 0 Å². The summed E-state index contributed by atoms with van der Waals surface area (Å²) < 4.78 is 13.9. The van der Waals surface area contributed by atoms with Gasteiger partial charge in [-0.2, -0.15) is 0 Å². The van der Waals surface area contributed by atoms with Crippen molar-refractivity contribution in [1.82, 2.24) is 10.6 Å². The first-order valence-corrected chi connectivity index (χ1v) is 5.12. The predicted molar refractivity (Wildman–Crippen MR) is 53.8 cm³/mol. The van der Waals surface area contributed by atoms with Crippen LogP contribution < -0.4 is 10.6 Å². The van der Waals surface area contributed by atoms with E-state index in [1.54, 1.807) is 0 Å². The predicted octanol–water partition coefficient (Wildman–Crippen LogP) is 0.993. The Kier molecular flexibility index (Phi) is 3.14. The Balaban J connectivity index is 2.57. The molecule has 14 heavy (non-hydrogen) atoms. The van der Waals surface area contributed by atoms with Crippen LogP contribution in [-0.4, -0.2) is 30.2 Å². The summed E-state index contributed by atoms with van der Waals surface area (Å²) in [6.45, 7) is 6.49. The lowest BCUT2D eigenvalue weighted by molar-refractivity contribution is -0.133. The van der Waals surface area contributed by atoms with Crippen LogP contribution in [0.15, 0.2) is 0 Å². The average molecular weight is 202 g/mol. The van der Waals surface area contributed by atoms with Gasteiger partial charge in [-0.1, -0.05) is 6.92 Å². The van der Waals surface area contributed by atoms with Gasteiger partial charge in [0.1, 0.15) is 0 Å². The first kappa shape index (κ1) is 11.4. The third kappa shape index (κ3) is 2.44. The van der Waals surface area contributed by atoms with E-state index in [2.05, 4.69) is 10.6 Å². The maximum atomic E-state index is 13.9. The van der Waals surface area contributed by atoms with Gasteiger partial charge in [-0.05, 0) is 26.8 Å². The summed E-state index contributed by atoms with van der Waals surface area (Å²) in [7, 11) is 0. The molecule has 0 bridgehead atoms. The molecule has 1 fully saturated rings. The molecule has 82 valence electrons. The highest BCUT2D eigenvalue weighted by atomic mass is 19.1. The van der Waals surface area contributed by atoms with Gasteiger partial charge in [-0.3, -0.25) is 4.79 Å². The van der Waals surface area contributed by atoms with Crippen LogP contribution in [0.5, 0.6) is 0 Å². The minimum atomic E-state index is -1.70. The summed E-state index contributed by atoms with van der Waals surface area (Å²) in [6.07, 6.45) is 1.07. The molecule has 0 radical (unpaired) electrons. The second-order valence-electron chi connectivity index (χ2n) is 4.58. The van der Waals surface area contributed by atoms with E-state index in [-0.39, 0.29) is 18.5 Å². The van der Waals surface area contributed by atoms with Gasteiger partial charge in [0.15, 0.2) is 0 Å². The Morgan fingerprint density at radius 3 is 2.71 bits per heavy atom. The highest BCUT2D eigenvalue weighted by molar-refractivity contribution is 5.86. The smallest absolute Gasteiger partial charge is 0.259 e. The minimum Gasteiger partial charge on any atom is -0.348 e. The topological polar surface area (TPSA) is 41.1 Å². The second-order valence-corrected chi connectivity index (χ2v) is 4.58. The molecule has 2 N–H and O–H groups in total. The van der Waals surface area contributed by atoms with Gasteiger partial charge in [0.25, 0.3) is 5.91 Å². The van der Waals surface area contributed by atoms with Crippen LogP contribution in [0, 0.1) is 0 Å². The van der Waals surface area contributed by atoms with E-state index in [1.807, 2.05) is 20.8 Å². The van der Waals surface area contributed by atoms with E-state index in [9.17, 15) is 9.18 Å². The number of amides is 1. The molecule has 1 atom stereocenters. The van der Waals surface area contributed by atoms with Crippen molar-refractivity contribution in [3.63, 3.8) is 0 Å². The van der Waals surface area contributed by atoms with Crippen LogP contribution in [0.2, 0.25) is 0 Å². The molecule has 4 heteroatoms. The number of nitrogens with one attached hydrogen (secondary N) is 2. The van der Waals surface area contributed by atoms with Crippen molar-refractivity contribution in [2.75, 3.05) is 13.1 Å². The van der Waals surface area contributed by atoms with Crippen LogP contribution in [-0.2, 0) is 4.79 Å². The molecular formula is C10H19FN2O. The van der Waals surface area contributed by atoms with E-state index in [0.717, 1.165) is 6.42 Å². The molecule has 0 aliphatic carbocycles. The Bertz CT molecular complexity index is 222. The molecule has 0 aromatic rings. The summed E-state index contributed by atoms with van der Waals surface area (Å²) in [6, 6.07) is 0. The number of alkyl halides is 1. The molecule has 3 nitrogen and oxygen atoms in total. The maximum Gasteiger partial charge on any atom is 0.259 e. The van der Waals surface area contributed by atoms with E-state index >= 15 is 0 Å². The van der Waals surface area contributed by atoms with Gasteiger partial charge in [0, 0.05) is 18.5 Å². The highest BCUT2D eigenvalue weighted by Crippen LogP contribution is 2.21. The van der Waals surface area contributed by atoms with E-state index in [1.165, 1.54) is 0 Å². The molecule has 1 rings (SSSR count). The number of hydrogen-bond acceptors (Lipinski definition) is 2. The number of carbonyl (C=O) groups is 1. The molecule has 1 saturated heterocycles. The summed E-state index contributed by atoms with van der Waals surface area (Å²) in [5.41, 5.74) is -2.02. The van der Waals surface area contributed by atoms with Crippen LogP contribution in [0.4, 0.5) is 4.39 Å². The molecule has 0 spiro atoms. The molecule has 0 saturated carbocycles. The van der Waals surface area contributed by atoms with E-state index in [4.69, 9.17) is 0 Å². The van der Waals surface area contributed by atoms with Crippen LogP contribution in [0.1, 0.15) is 33.6 Å². The molecule has 0 aromatic carbocycles. The van der Waals surface area contributed by atoms with Crippen molar-refractivity contribution < 1.29 is 9.18 Å².